The SMILES string of the molecule is C[C@@H](CNC(=O)c1ccc(-n2cncn2)cc1)c1ccccc1. The Morgan fingerprint density at radius 1 is 1.13 bits per heavy atom. The molecule has 1 N–H and O–H groups in total. The first-order valence-electron chi connectivity index (χ1n) is 7.52. The molecule has 1 amide bonds. The number of rotatable bonds is 5. The zero-order valence-corrected chi connectivity index (χ0v) is 12.9. The van der Waals surface area contributed by atoms with Gasteiger partial charge in [-0.1, -0.05) is 37.3 Å². The topological polar surface area (TPSA) is 59.8 Å². The molecule has 0 spiro atoms. The van der Waals surface area contributed by atoms with Gasteiger partial charge in [0.2, 0.25) is 0 Å². The van der Waals surface area contributed by atoms with Gasteiger partial charge in [-0.2, -0.15) is 5.10 Å². The van der Waals surface area contributed by atoms with Crippen LogP contribution in [0.25, 0.3) is 5.69 Å². The minimum atomic E-state index is -0.0714. The van der Waals surface area contributed by atoms with E-state index < -0.39 is 0 Å². The number of hydrogen-bond acceptors (Lipinski definition) is 3. The molecule has 0 saturated heterocycles. The van der Waals surface area contributed by atoms with Crippen LogP contribution in [0.5, 0.6) is 0 Å². The van der Waals surface area contributed by atoms with Crippen molar-refractivity contribution in [1.82, 2.24) is 20.1 Å². The maximum atomic E-state index is 12.2. The fraction of sp³-hybridized carbons (Fsp3) is 0.167. The lowest BCUT2D eigenvalue weighted by atomic mass is 10.0. The van der Waals surface area contributed by atoms with Gasteiger partial charge in [0.25, 0.3) is 5.91 Å². The lowest BCUT2D eigenvalue weighted by Gasteiger charge is -2.13. The predicted molar refractivity (Wildman–Crippen MR) is 88.5 cm³/mol. The Bertz CT molecular complexity index is 751. The Kier molecular flexibility index (Phi) is 4.47. The van der Waals surface area contributed by atoms with E-state index in [2.05, 4.69) is 34.5 Å². The van der Waals surface area contributed by atoms with E-state index in [1.807, 2.05) is 30.3 Å². The molecule has 1 atom stereocenters. The summed E-state index contributed by atoms with van der Waals surface area (Å²) in [6.45, 7) is 2.71. The monoisotopic (exact) mass is 306 g/mol. The van der Waals surface area contributed by atoms with Crippen molar-refractivity contribution in [2.75, 3.05) is 6.54 Å². The van der Waals surface area contributed by atoms with Gasteiger partial charge < -0.3 is 5.32 Å². The Morgan fingerprint density at radius 3 is 2.52 bits per heavy atom. The van der Waals surface area contributed by atoms with E-state index in [0.717, 1.165) is 5.69 Å². The Labute approximate surface area is 135 Å². The highest BCUT2D eigenvalue weighted by Crippen LogP contribution is 2.13. The third-order valence-corrected chi connectivity index (χ3v) is 3.75. The summed E-state index contributed by atoms with van der Waals surface area (Å²) in [5, 5.41) is 7.04. The van der Waals surface area contributed by atoms with Gasteiger partial charge in [0, 0.05) is 12.1 Å². The number of nitrogens with one attached hydrogen (secondary N) is 1. The van der Waals surface area contributed by atoms with Crippen molar-refractivity contribution in [2.45, 2.75) is 12.8 Å². The summed E-state index contributed by atoms with van der Waals surface area (Å²) in [5.41, 5.74) is 2.72. The van der Waals surface area contributed by atoms with E-state index in [-0.39, 0.29) is 11.8 Å². The van der Waals surface area contributed by atoms with Crippen molar-refractivity contribution in [3.8, 4) is 5.69 Å². The van der Waals surface area contributed by atoms with Crippen molar-refractivity contribution in [3.63, 3.8) is 0 Å². The maximum absolute atomic E-state index is 12.2. The van der Waals surface area contributed by atoms with Crippen molar-refractivity contribution < 1.29 is 4.79 Å². The van der Waals surface area contributed by atoms with Gasteiger partial charge in [-0.15, -0.1) is 0 Å². The number of benzene rings is 2. The second-order valence-corrected chi connectivity index (χ2v) is 5.41. The van der Waals surface area contributed by atoms with Crippen molar-refractivity contribution in [1.29, 1.82) is 0 Å². The summed E-state index contributed by atoms with van der Waals surface area (Å²) in [5.74, 6) is 0.201. The minimum Gasteiger partial charge on any atom is -0.351 e. The van der Waals surface area contributed by atoms with Crippen molar-refractivity contribution in [3.05, 3.63) is 78.4 Å². The molecular formula is C18H18N4O. The zero-order chi connectivity index (χ0) is 16.1. The van der Waals surface area contributed by atoms with Crippen LogP contribution >= 0.6 is 0 Å². The van der Waals surface area contributed by atoms with E-state index >= 15 is 0 Å². The smallest absolute Gasteiger partial charge is 0.251 e. The van der Waals surface area contributed by atoms with Crippen molar-refractivity contribution in [2.24, 2.45) is 0 Å². The largest absolute Gasteiger partial charge is 0.351 e. The number of carbonyl (C=O) groups is 1. The molecule has 0 aliphatic rings. The molecule has 0 aliphatic carbocycles. The highest BCUT2D eigenvalue weighted by atomic mass is 16.1. The van der Waals surface area contributed by atoms with E-state index in [9.17, 15) is 4.79 Å². The van der Waals surface area contributed by atoms with Gasteiger partial charge in [0.1, 0.15) is 12.7 Å². The number of aromatic nitrogens is 3. The number of nitrogens with zero attached hydrogens (tertiary/aromatic N) is 3. The van der Waals surface area contributed by atoms with Crippen LogP contribution in [0, 0.1) is 0 Å². The molecule has 5 nitrogen and oxygen atoms in total. The van der Waals surface area contributed by atoms with Crippen LogP contribution in [0.4, 0.5) is 0 Å². The fourth-order valence-corrected chi connectivity index (χ4v) is 2.35. The minimum absolute atomic E-state index is 0.0714. The van der Waals surface area contributed by atoms with E-state index in [0.29, 0.717) is 12.1 Å². The molecule has 5 heteroatoms. The molecule has 0 fully saturated rings. The molecule has 1 aromatic heterocycles. The van der Waals surface area contributed by atoms with Crippen LogP contribution in [-0.4, -0.2) is 27.2 Å². The number of hydrogen-bond donors (Lipinski definition) is 1. The molecule has 3 rings (SSSR count). The molecule has 1 heterocycles. The summed E-state index contributed by atoms with van der Waals surface area (Å²) < 4.78 is 1.65. The number of amides is 1. The quantitative estimate of drug-likeness (QED) is 0.788. The third-order valence-electron chi connectivity index (χ3n) is 3.75. The van der Waals surface area contributed by atoms with Crippen LogP contribution in [-0.2, 0) is 0 Å². The molecule has 3 aromatic rings. The summed E-state index contributed by atoms with van der Waals surface area (Å²) in [7, 11) is 0. The first-order valence-corrected chi connectivity index (χ1v) is 7.52. The van der Waals surface area contributed by atoms with Crippen LogP contribution < -0.4 is 5.32 Å². The molecule has 2 aromatic carbocycles. The Hall–Kier alpha value is -2.95. The molecule has 0 aliphatic heterocycles. The lowest BCUT2D eigenvalue weighted by Crippen LogP contribution is -2.27. The van der Waals surface area contributed by atoms with E-state index in [1.165, 1.54) is 11.9 Å². The maximum Gasteiger partial charge on any atom is 0.251 e. The first-order chi connectivity index (χ1) is 11.2. The normalized spacial score (nSPS) is 11.9. The summed E-state index contributed by atoms with van der Waals surface area (Å²) in [4.78, 5) is 16.1. The average Bonchev–Trinajstić information content (AvgIpc) is 3.15. The molecule has 0 unspecified atom stereocenters. The van der Waals surface area contributed by atoms with Crippen LogP contribution in [0.15, 0.2) is 67.3 Å². The van der Waals surface area contributed by atoms with E-state index in [1.54, 1.807) is 23.1 Å². The third kappa shape index (κ3) is 3.63. The fourth-order valence-electron chi connectivity index (χ4n) is 2.35. The molecular weight excluding hydrogens is 288 g/mol. The van der Waals surface area contributed by atoms with Crippen LogP contribution in [0.3, 0.4) is 0 Å². The molecule has 23 heavy (non-hydrogen) atoms. The standard InChI is InChI=1S/C18H18N4O/c1-14(15-5-3-2-4-6-15)11-20-18(23)16-7-9-17(10-8-16)22-13-19-12-21-22/h2-10,12-14H,11H2,1H3,(H,20,23)/t14-/m0/s1. The lowest BCUT2D eigenvalue weighted by molar-refractivity contribution is 0.0951. The van der Waals surface area contributed by atoms with Gasteiger partial charge in [0.05, 0.1) is 5.69 Å². The van der Waals surface area contributed by atoms with Gasteiger partial charge >= 0.3 is 0 Å². The average molecular weight is 306 g/mol. The summed E-state index contributed by atoms with van der Waals surface area (Å²) >= 11 is 0. The second-order valence-electron chi connectivity index (χ2n) is 5.41. The van der Waals surface area contributed by atoms with Crippen LogP contribution in [0.2, 0.25) is 0 Å². The molecule has 116 valence electrons. The summed E-state index contributed by atoms with van der Waals surface area (Å²) in [6.07, 6.45) is 3.10. The molecule has 0 radical (unpaired) electrons. The highest BCUT2D eigenvalue weighted by Gasteiger charge is 2.09. The van der Waals surface area contributed by atoms with Gasteiger partial charge in [-0.3, -0.25) is 4.79 Å². The summed E-state index contributed by atoms with van der Waals surface area (Å²) in [6, 6.07) is 17.4. The predicted octanol–water partition coefficient (Wildman–Crippen LogP) is 2.80. The van der Waals surface area contributed by atoms with Crippen LogP contribution in [0.1, 0.15) is 28.8 Å². The zero-order valence-electron chi connectivity index (χ0n) is 12.9. The van der Waals surface area contributed by atoms with E-state index in [4.69, 9.17) is 0 Å². The van der Waals surface area contributed by atoms with Crippen molar-refractivity contribution >= 4 is 5.91 Å². The second kappa shape index (κ2) is 6.87. The van der Waals surface area contributed by atoms with Gasteiger partial charge in [-0.25, -0.2) is 9.67 Å². The Morgan fingerprint density at radius 2 is 1.87 bits per heavy atom. The first kappa shape index (κ1) is 15.0. The number of carbonyl (C=O) groups excluding carboxylic acids is 1. The molecule has 0 bridgehead atoms. The van der Waals surface area contributed by atoms with Gasteiger partial charge in [-0.05, 0) is 35.7 Å². The van der Waals surface area contributed by atoms with Gasteiger partial charge in [0.15, 0.2) is 0 Å². The molecule has 0 saturated carbocycles. The Balaban J connectivity index is 1.60. The highest BCUT2D eigenvalue weighted by molar-refractivity contribution is 5.94.